The third-order valence-corrected chi connectivity index (χ3v) is 4.41. The van der Waals surface area contributed by atoms with Crippen LogP contribution in [0.25, 0.3) is 0 Å². The molecule has 0 aromatic heterocycles. The van der Waals surface area contributed by atoms with Gasteiger partial charge in [-0.15, -0.1) is 0 Å². The first-order valence-electron chi connectivity index (χ1n) is 9.17. The van der Waals surface area contributed by atoms with Gasteiger partial charge in [0.15, 0.2) is 10.2 Å². The van der Waals surface area contributed by atoms with Gasteiger partial charge in [0.1, 0.15) is 5.71 Å². The molecule has 0 amide bonds. The Morgan fingerprint density at radius 2 is 1.59 bits per heavy atom. The molecule has 146 valence electrons. The molecule has 4 N–H and O–H groups in total. The molecule has 0 unspecified atom stereocenters. The lowest BCUT2D eigenvalue weighted by atomic mass is 10.1. The van der Waals surface area contributed by atoms with Gasteiger partial charge in [-0.2, -0.15) is 10.2 Å². The van der Waals surface area contributed by atoms with Gasteiger partial charge in [-0.3, -0.25) is 10.9 Å². The van der Waals surface area contributed by atoms with Gasteiger partial charge >= 0.3 is 0 Å². The minimum absolute atomic E-state index is 0.466. The van der Waals surface area contributed by atoms with Crippen LogP contribution in [0.1, 0.15) is 32.3 Å². The quantitative estimate of drug-likeness (QED) is 0.314. The summed E-state index contributed by atoms with van der Waals surface area (Å²) >= 11 is 10.3. The van der Waals surface area contributed by atoms with E-state index in [0.717, 1.165) is 31.7 Å². The molecule has 7 nitrogen and oxygen atoms in total. The van der Waals surface area contributed by atoms with Gasteiger partial charge < -0.3 is 15.5 Å². The number of hydrogen-bond donors (Lipinski definition) is 4. The summed E-state index contributed by atoms with van der Waals surface area (Å²) in [7, 11) is 0. The fraction of sp³-hybridized carbons (Fsp3) is 0.444. The Bertz CT molecular complexity index is 679. The molecule has 0 radical (unpaired) electrons. The summed E-state index contributed by atoms with van der Waals surface area (Å²) in [5.74, 6) is 0. The molecule has 1 aromatic carbocycles. The lowest BCUT2D eigenvalue weighted by molar-refractivity contribution is 0.899. The van der Waals surface area contributed by atoms with E-state index in [9.17, 15) is 0 Å². The monoisotopic (exact) mass is 405 g/mol. The lowest BCUT2D eigenvalue weighted by Gasteiger charge is -2.17. The zero-order valence-electron chi connectivity index (χ0n) is 15.8. The first-order valence-corrected chi connectivity index (χ1v) is 9.99. The average Bonchev–Trinajstić information content (AvgIpc) is 3.20. The zero-order valence-corrected chi connectivity index (χ0v) is 17.4. The molecule has 9 heteroatoms. The van der Waals surface area contributed by atoms with Gasteiger partial charge in [0.25, 0.3) is 0 Å². The molecule has 1 fully saturated rings. The number of hydrogen-bond acceptors (Lipinski definition) is 5. The molecule has 0 saturated carbocycles. The van der Waals surface area contributed by atoms with E-state index >= 15 is 0 Å². The number of nitrogens with one attached hydrogen (secondary N) is 4. The molecule has 0 bridgehead atoms. The first kappa shape index (κ1) is 21.0. The molecule has 1 aliphatic heterocycles. The maximum Gasteiger partial charge on any atom is 0.186 e. The highest BCUT2D eigenvalue weighted by molar-refractivity contribution is 7.80. The molecule has 0 spiro atoms. The molecule has 1 saturated heterocycles. The number of thiocarbonyl (C=S) groups is 2. The van der Waals surface area contributed by atoms with E-state index < -0.39 is 0 Å². The predicted molar refractivity (Wildman–Crippen MR) is 122 cm³/mol. The largest absolute Gasteiger partial charge is 0.372 e. The standard InChI is InChI=1S/C18H27N7S2/c1-3-19-17(26)23-21-13-16(22-24-18(27)20-4-2)14-7-9-15(10-8-14)25-11-5-6-12-25/h7-10,13H,3-6,11-12H2,1-2H3,(H2,19,23,26)(H2,20,24,27)/b21-13+,22-16+. The molecular formula is C18H27N7S2. The van der Waals surface area contributed by atoms with E-state index in [1.807, 2.05) is 26.0 Å². The van der Waals surface area contributed by atoms with Gasteiger partial charge in [-0.1, -0.05) is 12.1 Å². The second-order valence-electron chi connectivity index (χ2n) is 5.94. The molecule has 0 aliphatic carbocycles. The Morgan fingerprint density at radius 3 is 2.19 bits per heavy atom. The minimum atomic E-state index is 0.466. The van der Waals surface area contributed by atoms with Crippen LogP contribution in [0.5, 0.6) is 0 Å². The Hall–Kier alpha value is -2.26. The fourth-order valence-corrected chi connectivity index (χ4v) is 3.04. The summed E-state index contributed by atoms with van der Waals surface area (Å²) in [6.07, 6.45) is 4.13. The van der Waals surface area contributed by atoms with E-state index in [0.29, 0.717) is 15.9 Å². The molecular weight excluding hydrogens is 378 g/mol. The Morgan fingerprint density at radius 1 is 1.00 bits per heavy atom. The van der Waals surface area contributed by atoms with Crippen LogP contribution in [0.3, 0.4) is 0 Å². The van der Waals surface area contributed by atoms with Gasteiger partial charge in [0.2, 0.25) is 0 Å². The molecule has 2 rings (SSSR count). The van der Waals surface area contributed by atoms with Crippen LogP contribution >= 0.6 is 24.4 Å². The van der Waals surface area contributed by atoms with Crippen LogP contribution in [0.2, 0.25) is 0 Å². The van der Waals surface area contributed by atoms with E-state index in [2.05, 4.69) is 48.7 Å². The average molecular weight is 406 g/mol. The van der Waals surface area contributed by atoms with Gasteiger partial charge in [0, 0.05) is 37.4 Å². The fourth-order valence-electron chi connectivity index (χ4n) is 2.65. The Labute approximate surface area is 171 Å². The van der Waals surface area contributed by atoms with Crippen LogP contribution in [0, 0.1) is 0 Å². The number of anilines is 1. The van der Waals surface area contributed by atoms with Crippen molar-refractivity contribution in [1.29, 1.82) is 0 Å². The highest BCUT2D eigenvalue weighted by Crippen LogP contribution is 2.20. The summed E-state index contributed by atoms with van der Waals surface area (Å²) in [5.41, 5.74) is 8.44. The van der Waals surface area contributed by atoms with Crippen LogP contribution in [-0.2, 0) is 0 Å². The lowest BCUT2D eigenvalue weighted by Crippen LogP contribution is -2.33. The highest BCUT2D eigenvalue weighted by atomic mass is 32.1. The topological polar surface area (TPSA) is 76.1 Å². The van der Waals surface area contributed by atoms with E-state index in [1.165, 1.54) is 18.5 Å². The van der Waals surface area contributed by atoms with Crippen molar-refractivity contribution in [3.05, 3.63) is 29.8 Å². The molecule has 1 aromatic rings. The van der Waals surface area contributed by atoms with Crippen molar-refractivity contribution in [1.82, 2.24) is 21.5 Å². The van der Waals surface area contributed by atoms with Crippen LogP contribution < -0.4 is 26.4 Å². The second kappa shape index (κ2) is 11.5. The summed E-state index contributed by atoms with van der Waals surface area (Å²) in [4.78, 5) is 2.39. The maximum atomic E-state index is 5.18. The van der Waals surface area contributed by atoms with Crippen molar-refractivity contribution in [2.45, 2.75) is 26.7 Å². The summed E-state index contributed by atoms with van der Waals surface area (Å²) < 4.78 is 0. The maximum absolute atomic E-state index is 5.18. The van der Waals surface area contributed by atoms with Crippen LogP contribution in [-0.4, -0.2) is 48.3 Å². The van der Waals surface area contributed by atoms with Crippen LogP contribution in [0.15, 0.2) is 34.5 Å². The number of hydrazone groups is 2. The number of rotatable bonds is 7. The number of benzene rings is 1. The smallest absolute Gasteiger partial charge is 0.186 e. The predicted octanol–water partition coefficient (Wildman–Crippen LogP) is 1.94. The van der Waals surface area contributed by atoms with Crippen molar-refractivity contribution < 1.29 is 0 Å². The van der Waals surface area contributed by atoms with Gasteiger partial charge in [-0.05, 0) is 63.3 Å². The summed E-state index contributed by atoms with van der Waals surface area (Å²) in [5, 5.41) is 15.5. The summed E-state index contributed by atoms with van der Waals surface area (Å²) in [6, 6.07) is 8.31. The Balaban J connectivity index is 2.12. The zero-order chi connectivity index (χ0) is 19.5. The van der Waals surface area contributed by atoms with E-state index in [1.54, 1.807) is 6.21 Å². The summed E-state index contributed by atoms with van der Waals surface area (Å²) in [6.45, 7) is 7.64. The van der Waals surface area contributed by atoms with Crippen molar-refractivity contribution >= 4 is 52.3 Å². The molecule has 27 heavy (non-hydrogen) atoms. The van der Waals surface area contributed by atoms with E-state index in [-0.39, 0.29) is 0 Å². The van der Waals surface area contributed by atoms with Gasteiger partial charge in [0.05, 0.1) is 6.21 Å². The molecule has 0 atom stereocenters. The van der Waals surface area contributed by atoms with Crippen molar-refractivity contribution in [2.24, 2.45) is 10.2 Å². The minimum Gasteiger partial charge on any atom is -0.372 e. The second-order valence-corrected chi connectivity index (χ2v) is 6.76. The normalized spacial score (nSPS) is 14.3. The van der Waals surface area contributed by atoms with Gasteiger partial charge in [-0.25, -0.2) is 0 Å². The molecule has 1 aliphatic rings. The third kappa shape index (κ3) is 7.10. The number of nitrogens with zero attached hydrogens (tertiary/aromatic N) is 3. The highest BCUT2D eigenvalue weighted by Gasteiger charge is 2.12. The first-order chi connectivity index (χ1) is 13.1. The van der Waals surface area contributed by atoms with Crippen molar-refractivity contribution in [3.63, 3.8) is 0 Å². The third-order valence-electron chi connectivity index (χ3n) is 3.94. The van der Waals surface area contributed by atoms with Crippen LogP contribution in [0.4, 0.5) is 5.69 Å². The van der Waals surface area contributed by atoms with Crippen molar-refractivity contribution in [2.75, 3.05) is 31.1 Å². The molecule has 1 heterocycles. The Kier molecular flexibility index (Phi) is 8.93. The SMILES string of the molecule is CCNC(=S)N/N=C(\C=N\NC(=S)NCC)c1ccc(N2CCCC2)cc1. The van der Waals surface area contributed by atoms with Crippen molar-refractivity contribution in [3.8, 4) is 0 Å². The van der Waals surface area contributed by atoms with E-state index in [4.69, 9.17) is 24.4 Å².